The van der Waals surface area contributed by atoms with Crippen LogP contribution in [0.1, 0.15) is 17.3 Å². The Kier molecular flexibility index (Phi) is 3.05. The predicted molar refractivity (Wildman–Crippen MR) is 74.5 cm³/mol. The molecule has 0 amide bonds. The fraction of sp³-hybridized carbons (Fsp3) is 0.143. The van der Waals surface area contributed by atoms with Crippen LogP contribution in [0.4, 0.5) is 0 Å². The Morgan fingerprint density at radius 1 is 1.47 bits per heavy atom. The molecular formula is C14H12N2O2S. The summed E-state index contributed by atoms with van der Waals surface area (Å²) in [6.45, 7) is 2.17. The second-order valence-corrected chi connectivity index (χ2v) is 4.87. The van der Waals surface area contributed by atoms with E-state index in [2.05, 4.69) is 4.98 Å². The van der Waals surface area contributed by atoms with Crippen molar-refractivity contribution in [2.24, 2.45) is 0 Å². The van der Waals surface area contributed by atoms with Crippen molar-refractivity contribution in [3.63, 3.8) is 0 Å². The average Bonchev–Trinajstić information content (AvgIpc) is 3.05. The van der Waals surface area contributed by atoms with Gasteiger partial charge < -0.3 is 9.14 Å². The zero-order valence-corrected chi connectivity index (χ0v) is 11.2. The highest BCUT2D eigenvalue weighted by Crippen LogP contribution is 2.30. The van der Waals surface area contributed by atoms with E-state index in [1.165, 1.54) is 11.3 Å². The first-order valence-electron chi connectivity index (χ1n) is 5.97. The third kappa shape index (κ3) is 2.02. The third-order valence-electron chi connectivity index (χ3n) is 2.84. The quantitative estimate of drug-likeness (QED) is 0.687. The van der Waals surface area contributed by atoms with Crippen LogP contribution in [-0.4, -0.2) is 22.0 Å². The summed E-state index contributed by atoms with van der Waals surface area (Å²) in [7, 11) is 0. The van der Waals surface area contributed by atoms with E-state index in [1.807, 2.05) is 34.9 Å². The molecule has 3 rings (SSSR count). The number of hydrogen-bond donors (Lipinski definition) is 0. The molecule has 0 aliphatic carbocycles. The summed E-state index contributed by atoms with van der Waals surface area (Å²) in [5.41, 5.74) is 4.15. The van der Waals surface area contributed by atoms with E-state index in [0.29, 0.717) is 12.2 Å². The fourth-order valence-electron chi connectivity index (χ4n) is 2.07. The van der Waals surface area contributed by atoms with Crippen molar-refractivity contribution in [2.45, 2.75) is 6.92 Å². The number of carbonyl (C=O) groups excluding carboxylic acids is 1. The lowest BCUT2D eigenvalue weighted by atomic mass is 10.2. The lowest BCUT2D eigenvalue weighted by Gasteiger charge is -2.03. The highest BCUT2D eigenvalue weighted by Gasteiger charge is 2.19. The number of nitrogens with zero attached hydrogens (tertiary/aromatic N) is 2. The van der Waals surface area contributed by atoms with Crippen LogP contribution in [0.25, 0.3) is 16.1 Å². The number of thiazole rings is 1. The van der Waals surface area contributed by atoms with E-state index >= 15 is 0 Å². The smallest absolute Gasteiger partial charge is 0.340 e. The summed E-state index contributed by atoms with van der Waals surface area (Å²) in [5, 5.41) is 0. The first-order chi connectivity index (χ1) is 9.31. The molecule has 0 N–H and O–H groups in total. The molecule has 0 aromatic carbocycles. The molecule has 0 unspecified atom stereocenters. The number of pyridine rings is 1. The van der Waals surface area contributed by atoms with Gasteiger partial charge in [0.05, 0.1) is 28.3 Å². The Balaban J connectivity index is 2.26. The van der Waals surface area contributed by atoms with Crippen LogP contribution in [0.15, 0.2) is 42.2 Å². The predicted octanol–water partition coefficient (Wildman–Crippen LogP) is 3.24. The van der Waals surface area contributed by atoms with E-state index in [-0.39, 0.29) is 5.97 Å². The van der Waals surface area contributed by atoms with Gasteiger partial charge in [-0.3, -0.25) is 4.98 Å². The van der Waals surface area contributed by atoms with Crippen molar-refractivity contribution >= 4 is 22.8 Å². The molecule has 96 valence electrons. The number of carbonyl (C=O) groups is 1. The first kappa shape index (κ1) is 11.9. The zero-order valence-electron chi connectivity index (χ0n) is 10.4. The minimum Gasteiger partial charge on any atom is -0.462 e. The summed E-state index contributed by atoms with van der Waals surface area (Å²) in [4.78, 5) is 17.1. The van der Waals surface area contributed by atoms with E-state index < -0.39 is 0 Å². The Hall–Kier alpha value is -2.14. The van der Waals surface area contributed by atoms with Crippen LogP contribution in [-0.2, 0) is 4.74 Å². The van der Waals surface area contributed by atoms with Gasteiger partial charge in [0.25, 0.3) is 0 Å². The third-order valence-corrected chi connectivity index (χ3v) is 3.62. The van der Waals surface area contributed by atoms with Gasteiger partial charge >= 0.3 is 5.97 Å². The maximum absolute atomic E-state index is 12.1. The van der Waals surface area contributed by atoms with Crippen LogP contribution in [0.5, 0.6) is 0 Å². The molecule has 0 radical (unpaired) electrons. The van der Waals surface area contributed by atoms with Gasteiger partial charge in [-0.15, -0.1) is 11.3 Å². The Bertz CT molecular complexity index is 716. The standard InChI is InChI=1S/C14H12N2O2S/c1-2-18-14(17)11-7-10-5-3-4-6-16(10)13(11)12-8-15-9-19-12/h3-9H,2H2,1H3. The van der Waals surface area contributed by atoms with Gasteiger partial charge in [-0.2, -0.15) is 0 Å². The van der Waals surface area contributed by atoms with Crippen LogP contribution < -0.4 is 0 Å². The molecule has 3 heterocycles. The molecule has 3 aromatic rings. The van der Waals surface area contributed by atoms with Crippen molar-refractivity contribution in [3.8, 4) is 10.6 Å². The summed E-state index contributed by atoms with van der Waals surface area (Å²) < 4.78 is 7.11. The molecule has 0 bridgehead atoms. The average molecular weight is 272 g/mol. The van der Waals surface area contributed by atoms with Gasteiger partial charge in [0.1, 0.15) is 0 Å². The number of aromatic nitrogens is 2. The largest absolute Gasteiger partial charge is 0.462 e. The molecule has 19 heavy (non-hydrogen) atoms. The van der Waals surface area contributed by atoms with Gasteiger partial charge in [-0.25, -0.2) is 4.79 Å². The number of ether oxygens (including phenoxy) is 1. The topological polar surface area (TPSA) is 43.6 Å². The highest BCUT2D eigenvalue weighted by atomic mass is 32.1. The fourth-order valence-corrected chi connectivity index (χ4v) is 2.75. The van der Waals surface area contributed by atoms with Crippen LogP contribution >= 0.6 is 11.3 Å². The Morgan fingerprint density at radius 3 is 3.11 bits per heavy atom. The van der Waals surface area contributed by atoms with Gasteiger partial charge in [-0.1, -0.05) is 6.07 Å². The lowest BCUT2D eigenvalue weighted by molar-refractivity contribution is 0.0527. The summed E-state index contributed by atoms with van der Waals surface area (Å²) in [5.74, 6) is -0.297. The molecular weight excluding hydrogens is 260 g/mol. The SMILES string of the molecule is CCOC(=O)c1cc2ccccn2c1-c1cncs1. The summed E-state index contributed by atoms with van der Waals surface area (Å²) in [6.07, 6.45) is 3.70. The Morgan fingerprint density at radius 2 is 2.37 bits per heavy atom. The van der Waals surface area contributed by atoms with E-state index in [9.17, 15) is 4.79 Å². The highest BCUT2D eigenvalue weighted by molar-refractivity contribution is 7.13. The van der Waals surface area contributed by atoms with Gasteiger partial charge in [0.15, 0.2) is 0 Å². The number of rotatable bonds is 3. The van der Waals surface area contributed by atoms with E-state index in [1.54, 1.807) is 18.6 Å². The van der Waals surface area contributed by atoms with Crippen LogP contribution in [0.2, 0.25) is 0 Å². The number of esters is 1. The van der Waals surface area contributed by atoms with Gasteiger partial charge in [0.2, 0.25) is 0 Å². The normalized spacial score (nSPS) is 10.8. The molecule has 0 fully saturated rings. The molecule has 0 aliphatic heterocycles. The maximum atomic E-state index is 12.1. The van der Waals surface area contributed by atoms with Crippen molar-refractivity contribution < 1.29 is 9.53 Å². The van der Waals surface area contributed by atoms with Gasteiger partial charge in [-0.05, 0) is 25.1 Å². The Labute approximate surface area is 114 Å². The second-order valence-electron chi connectivity index (χ2n) is 3.99. The second kappa shape index (κ2) is 4.85. The molecule has 0 saturated carbocycles. The molecule has 0 saturated heterocycles. The molecule has 0 spiro atoms. The van der Waals surface area contributed by atoms with Crippen molar-refractivity contribution in [1.29, 1.82) is 0 Å². The van der Waals surface area contributed by atoms with Crippen molar-refractivity contribution in [1.82, 2.24) is 9.38 Å². The lowest BCUT2D eigenvalue weighted by Crippen LogP contribution is -2.05. The van der Waals surface area contributed by atoms with Gasteiger partial charge in [0, 0.05) is 17.9 Å². The molecule has 3 aromatic heterocycles. The molecule has 4 nitrogen and oxygen atoms in total. The number of hydrogen-bond acceptors (Lipinski definition) is 4. The van der Waals surface area contributed by atoms with Crippen molar-refractivity contribution in [2.75, 3.05) is 6.61 Å². The summed E-state index contributed by atoms with van der Waals surface area (Å²) >= 11 is 1.51. The van der Waals surface area contributed by atoms with Crippen LogP contribution in [0, 0.1) is 0 Å². The van der Waals surface area contributed by atoms with Crippen LogP contribution in [0.3, 0.4) is 0 Å². The molecule has 5 heteroatoms. The maximum Gasteiger partial charge on any atom is 0.340 e. The van der Waals surface area contributed by atoms with E-state index in [4.69, 9.17) is 4.74 Å². The number of fused-ring (bicyclic) bond motifs is 1. The zero-order chi connectivity index (χ0) is 13.2. The van der Waals surface area contributed by atoms with E-state index in [0.717, 1.165) is 16.1 Å². The monoisotopic (exact) mass is 272 g/mol. The summed E-state index contributed by atoms with van der Waals surface area (Å²) in [6, 6.07) is 7.70. The molecule has 0 aliphatic rings. The van der Waals surface area contributed by atoms with Crippen molar-refractivity contribution in [3.05, 3.63) is 47.7 Å². The minimum atomic E-state index is -0.297. The molecule has 0 atom stereocenters. The first-order valence-corrected chi connectivity index (χ1v) is 6.85. The minimum absolute atomic E-state index is 0.297.